The third kappa shape index (κ3) is 5.04. The molecular weight excluding hydrogens is 528 g/mol. The molecule has 0 aliphatic carbocycles. The van der Waals surface area contributed by atoms with E-state index in [2.05, 4.69) is 20.9 Å². The zero-order valence-corrected chi connectivity index (χ0v) is 22.2. The van der Waals surface area contributed by atoms with Gasteiger partial charge in [-0.05, 0) is 78.9 Å². The zero-order valence-electron chi connectivity index (χ0n) is 22.2. The van der Waals surface area contributed by atoms with Gasteiger partial charge >= 0.3 is 0 Å². The summed E-state index contributed by atoms with van der Waals surface area (Å²) in [6, 6.07) is 36.6. The number of anilines is 3. The highest BCUT2D eigenvalue weighted by atomic mass is 16.5. The van der Waals surface area contributed by atoms with Crippen LogP contribution in [-0.2, 0) is 0 Å². The molecule has 1 unspecified atom stereocenters. The highest BCUT2D eigenvalue weighted by Crippen LogP contribution is 2.37. The van der Waals surface area contributed by atoms with Gasteiger partial charge in [-0.1, -0.05) is 42.5 Å². The Balaban J connectivity index is 0.996. The molecule has 1 atom stereocenters. The summed E-state index contributed by atoms with van der Waals surface area (Å²) in [4.78, 5) is 30.5. The van der Waals surface area contributed by atoms with Crippen LogP contribution in [0.25, 0.3) is 22.6 Å². The van der Waals surface area contributed by atoms with Crippen molar-refractivity contribution in [2.45, 2.75) is 6.23 Å². The lowest BCUT2D eigenvalue weighted by Gasteiger charge is -2.13. The number of nitrogens with zero attached hydrogens (tertiary/aromatic N) is 1. The number of benzene rings is 5. The zero-order chi connectivity index (χ0) is 28.5. The molecule has 5 aromatic carbocycles. The molecule has 0 saturated heterocycles. The number of nitrogens with one attached hydrogen (secondary N) is 3. The fourth-order valence-electron chi connectivity index (χ4n) is 4.81. The lowest BCUT2D eigenvalue weighted by Crippen LogP contribution is -2.15. The topological polar surface area (TPSA) is 105 Å². The summed E-state index contributed by atoms with van der Waals surface area (Å²) in [5.41, 5.74) is 6.08. The van der Waals surface area contributed by atoms with E-state index < -0.39 is 0 Å². The maximum Gasteiger partial charge on any atom is 0.255 e. The SMILES string of the molecule is O=C(Nc1ccc(NC(=O)c2cccc(C3Nc4ccccc4O3)c2)cc1)c1cccc(-c2nc3ccccc3o2)c1. The third-order valence-electron chi connectivity index (χ3n) is 6.94. The molecule has 0 saturated carbocycles. The second kappa shape index (κ2) is 10.6. The van der Waals surface area contributed by atoms with Gasteiger partial charge in [0.1, 0.15) is 11.3 Å². The Hall–Kier alpha value is -5.89. The Morgan fingerprint density at radius 3 is 2.10 bits per heavy atom. The minimum Gasteiger partial charge on any atom is -0.464 e. The van der Waals surface area contributed by atoms with E-state index in [-0.39, 0.29) is 18.0 Å². The number of carbonyl (C=O) groups excluding carboxylic acids is 2. The van der Waals surface area contributed by atoms with Crippen molar-refractivity contribution < 1.29 is 18.7 Å². The second-order valence-electron chi connectivity index (χ2n) is 9.82. The van der Waals surface area contributed by atoms with Crippen molar-refractivity contribution >= 4 is 40.0 Å². The first-order valence-electron chi connectivity index (χ1n) is 13.4. The quantitative estimate of drug-likeness (QED) is 0.198. The van der Waals surface area contributed by atoms with Crippen LogP contribution in [0.15, 0.2) is 126 Å². The van der Waals surface area contributed by atoms with E-state index in [4.69, 9.17) is 9.15 Å². The third-order valence-corrected chi connectivity index (χ3v) is 6.94. The molecule has 1 aromatic heterocycles. The molecule has 1 aliphatic heterocycles. The first-order valence-corrected chi connectivity index (χ1v) is 13.4. The number of hydrogen-bond donors (Lipinski definition) is 3. The van der Waals surface area contributed by atoms with E-state index in [0.717, 1.165) is 22.5 Å². The van der Waals surface area contributed by atoms with Crippen LogP contribution in [0.5, 0.6) is 5.75 Å². The van der Waals surface area contributed by atoms with Crippen LogP contribution in [0, 0.1) is 0 Å². The molecule has 2 heterocycles. The molecule has 42 heavy (non-hydrogen) atoms. The number of fused-ring (bicyclic) bond motifs is 2. The van der Waals surface area contributed by atoms with Crippen LogP contribution >= 0.6 is 0 Å². The van der Waals surface area contributed by atoms with Gasteiger partial charge in [0, 0.05) is 33.6 Å². The molecule has 2 amide bonds. The number of hydrogen-bond acceptors (Lipinski definition) is 6. The largest absolute Gasteiger partial charge is 0.464 e. The molecule has 0 radical (unpaired) electrons. The predicted molar refractivity (Wildman–Crippen MR) is 162 cm³/mol. The highest BCUT2D eigenvalue weighted by molar-refractivity contribution is 6.06. The van der Waals surface area contributed by atoms with Crippen molar-refractivity contribution in [2.75, 3.05) is 16.0 Å². The minimum absolute atomic E-state index is 0.250. The Morgan fingerprint density at radius 1 is 0.690 bits per heavy atom. The summed E-state index contributed by atoms with van der Waals surface area (Å²) in [7, 11) is 0. The van der Waals surface area contributed by atoms with Crippen molar-refractivity contribution in [3.05, 3.63) is 138 Å². The van der Waals surface area contributed by atoms with E-state index in [1.807, 2.05) is 72.8 Å². The van der Waals surface area contributed by atoms with Crippen LogP contribution in [-0.4, -0.2) is 16.8 Å². The number of carbonyl (C=O) groups is 2. The van der Waals surface area contributed by atoms with E-state index in [9.17, 15) is 9.59 Å². The number of para-hydroxylation sites is 4. The number of amides is 2. The van der Waals surface area contributed by atoms with Crippen molar-refractivity contribution in [2.24, 2.45) is 0 Å². The highest BCUT2D eigenvalue weighted by Gasteiger charge is 2.23. The summed E-state index contributed by atoms with van der Waals surface area (Å²) >= 11 is 0. The molecular formula is C34H24N4O4. The molecule has 0 fully saturated rings. The molecule has 3 N–H and O–H groups in total. The van der Waals surface area contributed by atoms with Gasteiger partial charge in [-0.3, -0.25) is 9.59 Å². The van der Waals surface area contributed by atoms with Gasteiger partial charge in [-0.2, -0.15) is 0 Å². The van der Waals surface area contributed by atoms with Crippen LogP contribution in [0.1, 0.15) is 32.5 Å². The molecule has 1 aliphatic rings. The van der Waals surface area contributed by atoms with Gasteiger partial charge < -0.3 is 25.1 Å². The van der Waals surface area contributed by atoms with Crippen molar-refractivity contribution in [1.82, 2.24) is 4.98 Å². The molecule has 0 spiro atoms. The lowest BCUT2D eigenvalue weighted by atomic mass is 10.1. The summed E-state index contributed by atoms with van der Waals surface area (Å²) in [5, 5.41) is 9.13. The van der Waals surface area contributed by atoms with Gasteiger partial charge in [-0.15, -0.1) is 0 Å². The molecule has 8 nitrogen and oxygen atoms in total. The molecule has 204 valence electrons. The Labute approximate surface area is 241 Å². The summed E-state index contributed by atoms with van der Waals surface area (Å²) in [6.45, 7) is 0. The summed E-state index contributed by atoms with van der Waals surface area (Å²) in [6.07, 6.45) is -0.367. The van der Waals surface area contributed by atoms with Gasteiger partial charge in [-0.25, -0.2) is 4.98 Å². The monoisotopic (exact) mass is 552 g/mol. The molecule has 7 rings (SSSR count). The fraction of sp³-hybridized carbons (Fsp3) is 0.0294. The van der Waals surface area contributed by atoms with Crippen molar-refractivity contribution in [1.29, 1.82) is 0 Å². The molecule has 0 bridgehead atoms. The van der Waals surface area contributed by atoms with Gasteiger partial charge in [0.15, 0.2) is 11.8 Å². The first kappa shape index (κ1) is 25.1. The van der Waals surface area contributed by atoms with E-state index >= 15 is 0 Å². The van der Waals surface area contributed by atoms with Crippen LogP contribution < -0.4 is 20.7 Å². The maximum absolute atomic E-state index is 13.0. The first-order chi connectivity index (χ1) is 20.6. The number of ether oxygens (including phenoxy) is 1. The lowest BCUT2D eigenvalue weighted by molar-refractivity contribution is 0.101. The standard InChI is InChI=1S/C34H24N4O4/c39-31(21-7-5-9-23(19-21)33-37-27-11-1-3-13-29(27)41-33)35-25-15-17-26(18-16-25)36-32(40)22-8-6-10-24(20-22)34-38-28-12-2-4-14-30(28)42-34/h1-20,33,37H,(H,35,39)(H,36,40). The second-order valence-corrected chi connectivity index (χ2v) is 9.82. The Bertz CT molecular complexity index is 1890. The van der Waals surface area contributed by atoms with Crippen molar-refractivity contribution in [3.8, 4) is 17.2 Å². The maximum atomic E-state index is 13.0. The van der Waals surface area contributed by atoms with Gasteiger partial charge in [0.2, 0.25) is 5.89 Å². The van der Waals surface area contributed by atoms with Crippen LogP contribution in [0.4, 0.5) is 17.1 Å². The molecule has 8 heteroatoms. The molecule has 6 aromatic rings. The summed E-state index contributed by atoms with van der Waals surface area (Å²) in [5.74, 6) is 0.709. The van der Waals surface area contributed by atoms with Gasteiger partial charge in [0.05, 0.1) is 5.69 Å². The van der Waals surface area contributed by atoms with Crippen molar-refractivity contribution in [3.63, 3.8) is 0 Å². The Morgan fingerprint density at radius 2 is 1.36 bits per heavy atom. The fourth-order valence-corrected chi connectivity index (χ4v) is 4.81. The normalized spacial score (nSPS) is 13.6. The average molecular weight is 553 g/mol. The number of aromatic nitrogens is 1. The smallest absolute Gasteiger partial charge is 0.255 e. The Kier molecular flexibility index (Phi) is 6.33. The minimum atomic E-state index is -0.367. The predicted octanol–water partition coefficient (Wildman–Crippen LogP) is 7.50. The van der Waals surface area contributed by atoms with Gasteiger partial charge in [0.25, 0.3) is 11.8 Å². The summed E-state index contributed by atoms with van der Waals surface area (Å²) < 4.78 is 11.8. The number of oxazole rings is 1. The number of rotatable bonds is 6. The van der Waals surface area contributed by atoms with Crippen LogP contribution in [0.3, 0.4) is 0 Å². The van der Waals surface area contributed by atoms with Crippen LogP contribution in [0.2, 0.25) is 0 Å². The van der Waals surface area contributed by atoms with E-state index in [1.165, 1.54) is 0 Å². The van der Waals surface area contributed by atoms with E-state index in [0.29, 0.717) is 39.5 Å². The average Bonchev–Trinajstić information content (AvgIpc) is 3.67. The van der Waals surface area contributed by atoms with E-state index in [1.54, 1.807) is 48.5 Å².